The van der Waals surface area contributed by atoms with Gasteiger partial charge in [0.1, 0.15) is 17.5 Å². The molecule has 8 nitrogen and oxygen atoms in total. The first-order chi connectivity index (χ1) is 13.6. The fourth-order valence-corrected chi connectivity index (χ4v) is 2.90. The molecule has 0 aliphatic heterocycles. The quantitative estimate of drug-likeness (QED) is 0.555. The van der Waals surface area contributed by atoms with Gasteiger partial charge in [0.05, 0.1) is 5.69 Å². The Bertz CT molecular complexity index is 1130. The Morgan fingerprint density at radius 2 is 2.14 bits per heavy atom. The Hall–Kier alpha value is -3.68. The highest BCUT2D eigenvalue weighted by atomic mass is 16.5. The summed E-state index contributed by atoms with van der Waals surface area (Å²) in [5.74, 6) is 0.634. The van der Waals surface area contributed by atoms with E-state index >= 15 is 0 Å². The molecule has 3 heterocycles. The van der Waals surface area contributed by atoms with Crippen molar-refractivity contribution in [3.63, 3.8) is 0 Å². The molecule has 4 aromatic rings. The number of rotatable bonds is 6. The minimum absolute atomic E-state index is 0.102. The van der Waals surface area contributed by atoms with Crippen LogP contribution >= 0.6 is 0 Å². The third kappa shape index (κ3) is 3.71. The molecule has 0 unspecified atom stereocenters. The van der Waals surface area contributed by atoms with Crippen molar-refractivity contribution in [3.05, 3.63) is 71.8 Å². The van der Waals surface area contributed by atoms with Gasteiger partial charge >= 0.3 is 0 Å². The lowest BCUT2D eigenvalue weighted by molar-refractivity contribution is 0.0945. The summed E-state index contributed by atoms with van der Waals surface area (Å²) in [4.78, 5) is 20.8. The number of hydrogen-bond acceptors (Lipinski definition) is 6. The summed E-state index contributed by atoms with van der Waals surface area (Å²) in [7, 11) is 1.84. The van der Waals surface area contributed by atoms with Gasteiger partial charge in [0.2, 0.25) is 5.89 Å². The maximum atomic E-state index is 12.3. The number of carbonyl (C=O) groups excluding carboxylic acids is 1. The molecule has 4 rings (SSSR count). The highest BCUT2D eigenvalue weighted by Crippen LogP contribution is 2.23. The Morgan fingerprint density at radius 3 is 2.96 bits per heavy atom. The van der Waals surface area contributed by atoms with Crippen molar-refractivity contribution in [2.45, 2.75) is 20.1 Å². The topological polar surface area (TPSA) is 95.1 Å². The SMILES string of the molecule is Cc1nn(C)cc1CNC(=O)c1coc(COc2cccc3cccnc23)n1. The summed E-state index contributed by atoms with van der Waals surface area (Å²) < 4.78 is 12.9. The monoisotopic (exact) mass is 377 g/mol. The van der Waals surface area contributed by atoms with Gasteiger partial charge in [0.25, 0.3) is 5.91 Å². The van der Waals surface area contributed by atoms with Gasteiger partial charge in [-0.05, 0) is 19.1 Å². The molecule has 0 aliphatic carbocycles. The zero-order valence-electron chi connectivity index (χ0n) is 15.5. The van der Waals surface area contributed by atoms with Crippen molar-refractivity contribution in [2.24, 2.45) is 7.05 Å². The van der Waals surface area contributed by atoms with E-state index in [1.807, 2.05) is 50.5 Å². The van der Waals surface area contributed by atoms with Gasteiger partial charge in [-0.15, -0.1) is 0 Å². The number of para-hydroxylation sites is 1. The van der Waals surface area contributed by atoms with E-state index in [0.29, 0.717) is 18.2 Å². The number of oxazole rings is 1. The predicted molar refractivity (Wildman–Crippen MR) is 102 cm³/mol. The molecule has 8 heteroatoms. The van der Waals surface area contributed by atoms with Crippen molar-refractivity contribution < 1.29 is 13.9 Å². The number of carbonyl (C=O) groups is 1. The van der Waals surface area contributed by atoms with Crippen LogP contribution in [0.2, 0.25) is 0 Å². The number of aromatic nitrogens is 4. The van der Waals surface area contributed by atoms with Crippen LogP contribution in [-0.4, -0.2) is 25.7 Å². The van der Waals surface area contributed by atoms with Gasteiger partial charge in [-0.2, -0.15) is 5.10 Å². The van der Waals surface area contributed by atoms with Crippen LogP contribution in [0, 0.1) is 6.92 Å². The van der Waals surface area contributed by atoms with Gasteiger partial charge < -0.3 is 14.5 Å². The molecule has 0 spiro atoms. The first-order valence-electron chi connectivity index (χ1n) is 8.78. The number of benzene rings is 1. The number of hydrogen-bond donors (Lipinski definition) is 1. The lowest BCUT2D eigenvalue weighted by Gasteiger charge is -2.06. The van der Waals surface area contributed by atoms with E-state index in [2.05, 4.69) is 20.4 Å². The molecule has 0 radical (unpaired) electrons. The van der Waals surface area contributed by atoms with Crippen LogP contribution in [0.1, 0.15) is 27.6 Å². The van der Waals surface area contributed by atoms with Gasteiger partial charge in [0, 0.05) is 36.9 Å². The lowest BCUT2D eigenvalue weighted by atomic mass is 10.2. The van der Waals surface area contributed by atoms with E-state index in [-0.39, 0.29) is 18.2 Å². The third-order valence-electron chi connectivity index (χ3n) is 4.29. The number of nitrogens with zero attached hydrogens (tertiary/aromatic N) is 4. The smallest absolute Gasteiger partial charge is 0.273 e. The average molecular weight is 377 g/mol. The summed E-state index contributed by atoms with van der Waals surface area (Å²) in [6, 6.07) is 9.54. The number of fused-ring (bicyclic) bond motifs is 1. The molecule has 0 saturated carbocycles. The summed E-state index contributed by atoms with van der Waals surface area (Å²) in [5, 5.41) is 8.05. The van der Waals surface area contributed by atoms with Gasteiger partial charge in [-0.1, -0.05) is 18.2 Å². The molecule has 0 bridgehead atoms. The van der Waals surface area contributed by atoms with Crippen LogP contribution in [0.3, 0.4) is 0 Å². The first-order valence-corrected chi connectivity index (χ1v) is 8.78. The number of nitrogens with one attached hydrogen (secondary N) is 1. The largest absolute Gasteiger partial charge is 0.482 e. The minimum atomic E-state index is -0.315. The number of amides is 1. The molecule has 28 heavy (non-hydrogen) atoms. The average Bonchev–Trinajstić information content (AvgIpc) is 3.30. The fourth-order valence-electron chi connectivity index (χ4n) is 2.90. The summed E-state index contributed by atoms with van der Waals surface area (Å²) in [5.41, 5.74) is 2.80. The Balaban J connectivity index is 1.38. The van der Waals surface area contributed by atoms with Crippen LogP contribution in [0.4, 0.5) is 0 Å². The maximum Gasteiger partial charge on any atom is 0.273 e. The van der Waals surface area contributed by atoms with Crippen LogP contribution in [0.25, 0.3) is 10.9 Å². The molecule has 1 amide bonds. The molecule has 0 aliphatic rings. The molecular formula is C20H19N5O3. The first kappa shape index (κ1) is 17.7. The zero-order chi connectivity index (χ0) is 19.5. The summed E-state index contributed by atoms with van der Waals surface area (Å²) in [6.07, 6.45) is 4.91. The summed E-state index contributed by atoms with van der Waals surface area (Å²) >= 11 is 0. The van der Waals surface area contributed by atoms with Gasteiger partial charge in [0.15, 0.2) is 12.3 Å². The second-order valence-corrected chi connectivity index (χ2v) is 6.34. The molecule has 0 atom stereocenters. The van der Waals surface area contributed by atoms with Crippen LogP contribution in [0.5, 0.6) is 5.75 Å². The van der Waals surface area contributed by atoms with Crippen molar-refractivity contribution in [2.75, 3.05) is 0 Å². The fraction of sp³-hybridized carbons (Fsp3) is 0.200. The number of pyridine rings is 1. The van der Waals surface area contributed by atoms with Crippen molar-refractivity contribution in [1.29, 1.82) is 0 Å². The maximum absolute atomic E-state index is 12.3. The van der Waals surface area contributed by atoms with Crippen LogP contribution < -0.4 is 10.1 Å². The lowest BCUT2D eigenvalue weighted by Crippen LogP contribution is -2.23. The molecule has 3 aromatic heterocycles. The third-order valence-corrected chi connectivity index (χ3v) is 4.29. The Kier molecular flexibility index (Phi) is 4.76. The van der Waals surface area contributed by atoms with E-state index < -0.39 is 0 Å². The predicted octanol–water partition coefficient (Wildman–Crippen LogP) is 2.77. The van der Waals surface area contributed by atoms with E-state index in [4.69, 9.17) is 9.15 Å². The molecule has 0 saturated heterocycles. The van der Waals surface area contributed by atoms with Gasteiger partial charge in [-0.3, -0.25) is 14.5 Å². The molecule has 142 valence electrons. The van der Waals surface area contributed by atoms with Crippen molar-refractivity contribution >= 4 is 16.8 Å². The number of ether oxygens (including phenoxy) is 1. The number of aryl methyl sites for hydroxylation is 2. The standard InChI is InChI=1S/C20H19N5O3/c1-13-15(10-25(2)24-13)9-22-20(26)16-11-28-18(23-16)12-27-17-7-3-5-14-6-4-8-21-19(14)17/h3-8,10-11H,9,12H2,1-2H3,(H,22,26). The van der Waals surface area contributed by atoms with E-state index in [9.17, 15) is 4.79 Å². The van der Waals surface area contributed by atoms with E-state index in [1.54, 1.807) is 10.9 Å². The van der Waals surface area contributed by atoms with E-state index in [1.165, 1.54) is 6.26 Å². The van der Waals surface area contributed by atoms with Crippen LogP contribution in [-0.2, 0) is 20.2 Å². The molecule has 0 fully saturated rings. The second-order valence-electron chi connectivity index (χ2n) is 6.34. The zero-order valence-corrected chi connectivity index (χ0v) is 15.5. The van der Waals surface area contributed by atoms with E-state index in [0.717, 1.165) is 22.2 Å². The summed E-state index contributed by atoms with van der Waals surface area (Å²) in [6.45, 7) is 2.37. The van der Waals surface area contributed by atoms with Crippen molar-refractivity contribution in [3.8, 4) is 5.75 Å². The second kappa shape index (κ2) is 7.51. The highest BCUT2D eigenvalue weighted by molar-refractivity contribution is 5.91. The molecule has 1 N–H and O–H groups in total. The highest BCUT2D eigenvalue weighted by Gasteiger charge is 2.14. The molecule has 1 aromatic carbocycles. The Morgan fingerprint density at radius 1 is 1.29 bits per heavy atom. The van der Waals surface area contributed by atoms with Gasteiger partial charge in [-0.25, -0.2) is 4.98 Å². The minimum Gasteiger partial charge on any atom is -0.482 e. The Labute approximate surface area is 161 Å². The normalized spacial score (nSPS) is 10.9. The molecular weight excluding hydrogens is 358 g/mol. The van der Waals surface area contributed by atoms with Crippen LogP contribution in [0.15, 0.2) is 53.4 Å². The van der Waals surface area contributed by atoms with Crippen molar-refractivity contribution in [1.82, 2.24) is 25.1 Å².